The van der Waals surface area contributed by atoms with Crippen molar-refractivity contribution < 1.29 is 9.53 Å². The van der Waals surface area contributed by atoms with E-state index in [1.54, 1.807) is 16.7 Å². The van der Waals surface area contributed by atoms with Crippen molar-refractivity contribution >= 4 is 22.3 Å². The van der Waals surface area contributed by atoms with Crippen LogP contribution in [0.3, 0.4) is 0 Å². The molecule has 0 amide bonds. The van der Waals surface area contributed by atoms with Gasteiger partial charge in [0.25, 0.3) is 0 Å². The average Bonchev–Trinajstić information content (AvgIpc) is 2.85. The van der Waals surface area contributed by atoms with E-state index in [2.05, 4.69) is 6.07 Å². The minimum absolute atomic E-state index is 0.361. The molecule has 0 spiro atoms. The topological polar surface area (TPSA) is 54.5 Å². The van der Waals surface area contributed by atoms with Crippen molar-refractivity contribution in [2.24, 2.45) is 0 Å². The molecule has 0 aliphatic carbocycles. The summed E-state index contributed by atoms with van der Waals surface area (Å²) in [5.74, 6) is -0.452. The summed E-state index contributed by atoms with van der Waals surface area (Å²) in [6.45, 7) is 0. The molecule has 4 heteroatoms. The highest BCUT2D eigenvalue weighted by Gasteiger charge is 2.17. The number of rotatable bonds is 1. The minimum Gasteiger partial charge on any atom is -0.464 e. The van der Waals surface area contributed by atoms with Gasteiger partial charge in [0.2, 0.25) is 0 Å². The summed E-state index contributed by atoms with van der Waals surface area (Å²) in [4.78, 5) is 11.7. The summed E-state index contributed by atoms with van der Waals surface area (Å²) >= 11 is 0. The molecule has 0 saturated heterocycles. The van der Waals surface area contributed by atoms with Crippen LogP contribution in [-0.2, 0) is 4.74 Å². The fraction of sp³-hybridized carbons (Fsp3) is 0.0667. The van der Waals surface area contributed by atoms with Crippen LogP contribution in [0.4, 0.5) is 0 Å². The van der Waals surface area contributed by atoms with Crippen molar-refractivity contribution in [3.8, 4) is 6.07 Å². The van der Waals surface area contributed by atoms with Crippen molar-refractivity contribution in [3.05, 3.63) is 53.9 Å². The first-order valence-electron chi connectivity index (χ1n) is 5.77. The highest BCUT2D eigenvalue weighted by atomic mass is 16.5. The normalized spacial score (nSPS) is 10.5. The molecule has 0 fully saturated rings. The number of hydrogen-bond donors (Lipinski definition) is 0. The van der Waals surface area contributed by atoms with Crippen LogP contribution in [0.25, 0.3) is 16.3 Å². The molecule has 0 saturated carbocycles. The number of hydrogen-bond acceptors (Lipinski definition) is 3. The molecule has 2 heterocycles. The average molecular weight is 250 g/mol. The number of benzene rings is 1. The Morgan fingerprint density at radius 3 is 2.84 bits per heavy atom. The Kier molecular flexibility index (Phi) is 2.46. The third-order valence-corrected chi connectivity index (χ3v) is 3.17. The van der Waals surface area contributed by atoms with Gasteiger partial charge >= 0.3 is 5.97 Å². The molecule has 0 aliphatic heterocycles. The standard InChI is InChI=1S/C15H10N2O2/c1-19-15(18)13-8-11(9-16)14-12-5-3-2-4-10(12)6-7-17(13)14/h2-8H,1H3. The second kappa shape index (κ2) is 4.14. The Hall–Kier alpha value is -2.80. The van der Waals surface area contributed by atoms with Gasteiger partial charge in [-0.05, 0) is 17.5 Å². The molecule has 3 rings (SSSR count). The monoisotopic (exact) mass is 250 g/mol. The molecule has 19 heavy (non-hydrogen) atoms. The van der Waals surface area contributed by atoms with Gasteiger partial charge in [0, 0.05) is 11.6 Å². The summed E-state index contributed by atoms with van der Waals surface area (Å²) in [5, 5.41) is 11.2. The molecule has 4 nitrogen and oxygen atoms in total. The van der Waals surface area contributed by atoms with E-state index in [-0.39, 0.29) is 0 Å². The highest BCUT2D eigenvalue weighted by molar-refractivity contribution is 6.01. The van der Waals surface area contributed by atoms with Gasteiger partial charge in [-0.1, -0.05) is 24.3 Å². The summed E-state index contributed by atoms with van der Waals surface area (Å²) in [5.41, 5.74) is 1.57. The molecule has 1 aromatic carbocycles. The number of nitrogens with zero attached hydrogens (tertiary/aromatic N) is 2. The fourth-order valence-electron chi connectivity index (χ4n) is 2.31. The first-order valence-corrected chi connectivity index (χ1v) is 5.77. The zero-order valence-electron chi connectivity index (χ0n) is 10.3. The van der Waals surface area contributed by atoms with E-state index in [1.165, 1.54) is 7.11 Å². The van der Waals surface area contributed by atoms with E-state index < -0.39 is 5.97 Å². The molecule has 2 aromatic heterocycles. The SMILES string of the molecule is COC(=O)c1cc(C#N)c2c3ccccc3ccn12. The van der Waals surface area contributed by atoms with E-state index in [0.717, 1.165) is 16.3 Å². The molecular weight excluding hydrogens is 240 g/mol. The number of fused-ring (bicyclic) bond motifs is 3. The van der Waals surface area contributed by atoms with E-state index >= 15 is 0 Å². The zero-order chi connectivity index (χ0) is 13.4. The lowest BCUT2D eigenvalue weighted by atomic mass is 10.1. The number of esters is 1. The maximum Gasteiger partial charge on any atom is 0.355 e. The Morgan fingerprint density at radius 1 is 1.32 bits per heavy atom. The van der Waals surface area contributed by atoms with Gasteiger partial charge in [0.1, 0.15) is 11.8 Å². The highest BCUT2D eigenvalue weighted by Crippen LogP contribution is 2.26. The number of carbonyl (C=O) groups excluding carboxylic acids is 1. The third-order valence-electron chi connectivity index (χ3n) is 3.17. The van der Waals surface area contributed by atoms with Crippen molar-refractivity contribution in [1.82, 2.24) is 4.40 Å². The Morgan fingerprint density at radius 2 is 2.11 bits per heavy atom. The number of aromatic nitrogens is 1. The van der Waals surface area contributed by atoms with Crippen LogP contribution in [0, 0.1) is 11.3 Å². The second-order valence-electron chi connectivity index (χ2n) is 4.17. The molecule has 0 unspecified atom stereocenters. The summed E-state index contributed by atoms with van der Waals surface area (Å²) < 4.78 is 6.45. The van der Waals surface area contributed by atoms with Crippen LogP contribution in [-0.4, -0.2) is 17.5 Å². The fourth-order valence-corrected chi connectivity index (χ4v) is 2.31. The number of nitriles is 1. The van der Waals surface area contributed by atoms with Crippen LogP contribution in [0.1, 0.15) is 16.1 Å². The van der Waals surface area contributed by atoms with Crippen molar-refractivity contribution in [2.45, 2.75) is 0 Å². The smallest absolute Gasteiger partial charge is 0.355 e. The predicted octanol–water partition coefficient (Wildman–Crippen LogP) is 2.75. The summed E-state index contributed by atoms with van der Waals surface area (Å²) in [7, 11) is 1.33. The van der Waals surface area contributed by atoms with Crippen molar-refractivity contribution in [3.63, 3.8) is 0 Å². The van der Waals surface area contributed by atoms with Gasteiger partial charge in [0.15, 0.2) is 0 Å². The number of carbonyl (C=O) groups is 1. The van der Waals surface area contributed by atoms with Crippen LogP contribution < -0.4 is 0 Å². The van der Waals surface area contributed by atoms with E-state index in [9.17, 15) is 10.1 Å². The van der Waals surface area contributed by atoms with E-state index in [0.29, 0.717) is 11.3 Å². The lowest BCUT2D eigenvalue weighted by Gasteiger charge is -2.04. The Labute approximate surface area is 109 Å². The first-order chi connectivity index (χ1) is 9.26. The molecule has 3 aromatic rings. The molecule has 0 N–H and O–H groups in total. The van der Waals surface area contributed by atoms with Gasteiger partial charge in [-0.15, -0.1) is 0 Å². The lowest BCUT2D eigenvalue weighted by Crippen LogP contribution is -2.04. The maximum absolute atomic E-state index is 11.7. The molecule has 0 atom stereocenters. The molecule has 92 valence electrons. The first kappa shape index (κ1) is 11.3. The Bertz CT molecular complexity index is 840. The molecule has 0 aliphatic rings. The van der Waals surface area contributed by atoms with Gasteiger partial charge in [0.05, 0.1) is 18.2 Å². The van der Waals surface area contributed by atoms with Gasteiger partial charge < -0.3 is 9.14 Å². The minimum atomic E-state index is -0.452. The van der Waals surface area contributed by atoms with Crippen LogP contribution in [0.15, 0.2) is 42.6 Å². The largest absolute Gasteiger partial charge is 0.464 e. The second-order valence-corrected chi connectivity index (χ2v) is 4.17. The molecule has 0 radical (unpaired) electrons. The van der Waals surface area contributed by atoms with Gasteiger partial charge in [-0.3, -0.25) is 0 Å². The number of ether oxygens (including phenoxy) is 1. The third kappa shape index (κ3) is 1.56. The number of pyridine rings is 1. The van der Waals surface area contributed by atoms with E-state index in [4.69, 9.17) is 4.74 Å². The Balaban J connectivity index is 2.50. The van der Waals surface area contributed by atoms with Crippen LogP contribution in [0.5, 0.6) is 0 Å². The van der Waals surface area contributed by atoms with Gasteiger partial charge in [-0.2, -0.15) is 5.26 Å². The lowest BCUT2D eigenvalue weighted by molar-refractivity contribution is 0.0593. The molecule has 0 bridgehead atoms. The van der Waals surface area contributed by atoms with Gasteiger partial charge in [-0.25, -0.2) is 4.79 Å². The zero-order valence-corrected chi connectivity index (χ0v) is 10.3. The van der Waals surface area contributed by atoms with Crippen molar-refractivity contribution in [2.75, 3.05) is 7.11 Å². The van der Waals surface area contributed by atoms with Crippen LogP contribution >= 0.6 is 0 Å². The maximum atomic E-state index is 11.7. The quantitative estimate of drug-likeness (QED) is 0.624. The van der Waals surface area contributed by atoms with E-state index in [1.807, 2.05) is 30.3 Å². The molecular formula is C15H10N2O2. The van der Waals surface area contributed by atoms with Crippen molar-refractivity contribution in [1.29, 1.82) is 5.26 Å². The van der Waals surface area contributed by atoms with Crippen LogP contribution in [0.2, 0.25) is 0 Å². The summed E-state index contributed by atoms with van der Waals surface area (Å²) in [6.07, 6.45) is 1.78. The predicted molar refractivity (Wildman–Crippen MR) is 71.0 cm³/mol. The summed E-state index contributed by atoms with van der Waals surface area (Å²) in [6, 6.07) is 13.4. The number of methoxy groups -OCH3 is 1.